The molecule has 1 amide bonds. The molecule has 1 heterocycles. The number of hydrogen-bond acceptors (Lipinski definition) is 10. The molecule has 0 spiro atoms. The monoisotopic (exact) mass is 389 g/mol. The van der Waals surface area contributed by atoms with Crippen LogP contribution in [0.15, 0.2) is 0 Å². The molecule has 1 rings (SSSR count). The van der Waals surface area contributed by atoms with E-state index in [2.05, 4.69) is 5.32 Å². The molecule has 1 N–H and O–H groups in total. The molecule has 152 valence electrons. The zero-order valence-electron chi connectivity index (χ0n) is 15.7. The Morgan fingerprint density at radius 2 is 1.30 bits per heavy atom. The van der Waals surface area contributed by atoms with Crippen LogP contribution in [0.3, 0.4) is 0 Å². The van der Waals surface area contributed by atoms with E-state index in [1.54, 1.807) is 0 Å². The molecule has 0 aromatic rings. The number of carbonyl (C=O) groups is 5. The highest BCUT2D eigenvalue weighted by molar-refractivity contribution is 5.74. The predicted molar refractivity (Wildman–Crippen MR) is 85.8 cm³/mol. The van der Waals surface area contributed by atoms with Gasteiger partial charge in [-0.25, -0.2) is 0 Å². The summed E-state index contributed by atoms with van der Waals surface area (Å²) in [6.07, 6.45) is -4.97. The maximum Gasteiger partial charge on any atom is 0.305 e. The quantitative estimate of drug-likeness (QED) is 0.453. The maximum atomic E-state index is 11.6. The summed E-state index contributed by atoms with van der Waals surface area (Å²) in [5, 5.41) is 2.46. The molecule has 5 atom stereocenters. The first kappa shape index (κ1) is 22.4. The molecular formula is C16H23NO10. The van der Waals surface area contributed by atoms with Crippen LogP contribution in [0.2, 0.25) is 0 Å². The lowest BCUT2D eigenvalue weighted by molar-refractivity contribution is -0.270. The number of esters is 4. The van der Waals surface area contributed by atoms with E-state index >= 15 is 0 Å². The van der Waals surface area contributed by atoms with Crippen LogP contribution in [-0.4, -0.2) is 67.0 Å². The zero-order valence-corrected chi connectivity index (χ0v) is 15.7. The van der Waals surface area contributed by atoms with E-state index in [9.17, 15) is 24.0 Å². The lowest BCUT2D eigenvalue weighted by Gasteiger charge is -2.44. The van der Waals surface area contributed by atoms with E-state index in [0.29, 0.717) is 0 Å². The van der Waals surface area contributed by atoms with Crippen molar-refractivity contribution in [1.29, 1.82) is 0 Å². The van der Waals surface area contributed by atoms with Crippen LogP contribution >= 0.6 is 0 Å². The number of rotatable bonds is 6. The fourth-order valence-corrected chi connectivity index (χ4v) is 2.55. The molecule has 0 bridgehead atoms. The second-order valence-electron chi connectivity index (χ2n) is 5.83. The van der Waals surface area contributed by atoms with Crippen molar-refractivity contribution in [2.45, 2.75) is 65.3 Å². The summed E-state index contributed by atoms with van der Waals surface area (Å²) in [5.74, 6) is -3.34. The van der Waals surface area contributed by atoms with Crippen molar-refractivity contribution in [2.75, 3.05) is 6.61 Å². The molecule has 0 aromatic heterocycles. The molecule has 11 heteroatoms. The smallest absolute Gasteiger partial charge is 0.305 e. The van der Waals surface area contributed by atoms with Crippen LogP contribution in [0.25, 0.3) is 0 Å². The Kier molecular flexibility index (Phi) is 8.16. The van der Waals surface area contributed by atoms with Crippen LogP contribution in [0.1, 0.15) is 34.6 Å². The zero-order chi connectivity index (χ0) is 20.7. The fourth-order valence-electron chi connectivity index (χ4n) is 2.55. The molecule has 1 saturated heterocycles. The first-order valence-corrected chi connectivity index (χ1v) is 8.08. The SMILES string of the molecule is CC(=O)N[C@@H]1C(OC(C)=O)O[C@H](COC(C)=O)[C@H](OC(C)=O)[C@@H]1OC(C)=O. The molecule has 0 aromatic carbocycles. The lowest BCUT2D eigenvalue weighted by Crippen LogP contribution is -2.66. The number of amides is 1. The first-order valence-electron chi connectivity index (χ1n) is 8.08. The van der Waals surface area contributed by atoms with E-state index in [1.165, 1.54) is 6.92 Å². The van der Waals surface area contributed by atoms with Gasteiger partial charge in [-0.15, -0.1) is 0 Å². The summed E-state index contributed by atoms with van der Waals surface area (Å²) in [5.41, 5.74) is 0. The third-order valence-electron chi connectivity index (χ3n) is 3.35. The topological polar surface area (TPSA) is 144 Å². The van der Waals surface area contributed by atoms with Gasteiger partial charge in [0.2, 0.25) is 12.2 Å². The minimum Gasteiger partial charge on any atom is -0.463 e. The van der Waals surface area contributed by atoms with E-state index in [-0.39, 0.29) is 6.61 Å². The Labute approximate surface area is 155 Å². The minimum absolute atomic E-state index is 0.365. The van der Waals surface area contributed by atoms with Gasteiger partial charge in [0.1, 0.15) is 18.8 Å². The van der Waals surface area contributed by atoms with E-state index in [0.717, 1.165) is 27.7 Å². The van der Waals surface area contributed by atoms with E-state index < -0.39 is 60.4 Å². The summed E-state index contributed by atoms with van der Waals surface area (Å²) in [6, 6.07) is -1.16. The Bertz CT molecular complexity index is 604. The standard InChI is InChI=1S/C16H23NO10/c1-7(18)17-13-15(25-10(4)21)14(24-9(3)20)12(6-23-8(2)19)27-16(13)26-11(5)22/h12-16H,6H2,1-5H3,(H,17,18)/t12-,13+,14+,15-,16?/m1/s1. The molecule has 0 saturated carbocycles. The highest BCUT2D eigenvalue weighted by Gasteiger charge is 2.52. The van der Waals surface area contributed by atoms with Crippen LogP contribution < -0.4 is 5.32 Å². The van der Waals surface area contributed by atoms with Gasteiger partial charge in [-0.3, -0.25) is 24.0 Å². The molecule has 0 aliphatic carbocycles. The first-order chi connectivity index (χ1) is 12.5. The van der Waals surface area contributed by atoms with Crippen LogP contribution in [-0.2, 0) is 47.7 Å². The van der Waals surface area contributed by atoms with Gasteiger partial charge in [-0.2, -0.15) is 0 Å². The van der Waals surface area contributed by atoms with Gasteiger partial charge < -0.3 is 29.0 Å². The van der Waals surface area contributed by atoms with E-state index in [1.807, 2.05) is 0 Å². The van der Waals surface area contributed by atoms with E-state index in [4.69, 9.17) is 23.7 Å². The summed E-state index contributed by atoms with van der Waals surface area (Å²) in [7, 11) is 0. The highest BCUT2D eigenvalue weighted by Crippen LogP contribution is 2.28. The average molecular weight is 389 g/mol. The summed E-state index contributed by atoms with van der Waals surface area (Å²) >= 11 is 0. The molecule has 1 aliphatic rings. The average Bonchev–Trinajstić information content (AvgIpc) is 2.49. The largest absolute Gasteiger partial charge is 0.463 e. The van der Waals surface area contributed by atoms with Gasteiger partial charge in [0.15, 0.2) is 12.2 Å². The number of nitrogens with one attached hydrogen (secondary N) is 1. The Morgan fingerprint density at radius 3 is 1.74 bits per heavy atom. The second kappa shape index (κ2) is 9.86. The Balaban J connectivity index is 3.29. The summed E-state index contributed by atoms with van der Waals surface area (Å²) in [4.78, 5) is 57.2. The maximum absolute atomic E-state index is 11.6. The van der Waals surface area contributed by atoms with Gasteiger partial charge in [0.25, 0.3) is 0 Å². The lowest BCUT2D eigenvalue weighted by atomic mass is 9.96. The molecule has 11 nitrogen and oxygen atoms in total. The third kappa shape index (κ3) is 7.21. The van der Waals surface area contributed by atoms with Crippen LogP contribution in [0.4, 0.5) is 0 Å². The predicted octanol–water partition coefficient (Wildman–Crippen LogP) is -0.794. The van der Waals surface area contributed by atoms with Gasteiger partial charge >= 0.3 is 23.9 Å². The Morgan fingerprint density at radius 1 is 0.778 bits per heavy atom. The highest BCUT2D eigenvalue weighted by atomic mass is 16.7. The molecule has 27 heavy (non-hydrogen) atoms. The Hall–Kier alpha value is -2.69. The number of carbonyl (C=O) groups excluding carboxylic acids is 5. The molecular weight excluding hydrogens is 366 g/mol. The summed E-state index contributed by atoms with van der Waals surface area (Å²) < 4.78 is 25.9. The minimum atomic E-state index is -1.37. The summed E-state index contributed by atoms with van der Waals surface area (Å²) in [6.45, 7) is 5.36. The molecule has 1 aliphatic heterocycles. The third-order valence-corrected chi connectivity index (χ3v) is 3.35. The van der Waals surface area contributed by atoms with Gasteiger partial charge in [0, 0.05) is 34.6 Å². The fraction of sp³-hybridized carbons (Fsp3) is 0.688. The van der Waals surface area contributed by atoms with Crippen LogP contribution in [0, 0.1) is 0 Å². The van der Waals surface area contributed by atoms with Crippen LogP contribution in [0.5, 0.6) is 0 Å². The molecule has 1 fully saturated rings. The van der Waals surface area contributed by atoms with Crippen molar-refractivity contribution in [1.82, 2.24) is 5.32 Å². The van der Waals surface area contributed by atoms with Crippen molar-refractivity contribution < 1.29 is 47.7 Å². The number of ether oxygens (including phenoxy) is 5. The van der Waals surface area contributed by atoms with Gasteiger partial charge in [0.05, 0.1) is 0 Å². The van der Waals surface area contributed by atoms with Crippen molar-refractivity contribution in [3.05, 3.63) is 0 Å². The number of hydrogen-bond donors (Lipinski definition) is 1. The van der Waals surface area contributed by atoms with Crippen molar-refractivity contribution in [3.8, 4) is 0 Å². The normalized spacial score (nSPS) is 27.1. The van der Waals surface area contributed by atoms with Crippen molar-refractivity contribution >= 4 is 29.8 Å². The molecule has 1 unspecified atom stereocenters. The van der Waals surface area contributed by atoms with Crippen molar-refractivity contribution in [3.63, 3.8) is 0 Å². The van der Waals surface area contributed by atoms with Gasteiger partial charge in [-0.1, -0.05) is 0 Å². The molecule has 0 radical (unpaired) electrons. The van der Waals surface area contributed by atoms with Crippen molar-refractivity contribution in [2.24, 2.45) is 0 Å². The van der Waals surface area contributed by atoms with Gasteiger partial charge in [-0.05, 0) is 0 Å². The second-order valence-corrected chi connectivity index (χ2v) is 5.83.